The van der Waals surface area contributed by atoms with Gasteiger partial charge in [0.15, 0.2) is 0 Å². The summed E-state index contributed by atoms with van der Waals surface area (Å²) in [7, 11) is 0. The lowest BCUT2D eigenvalue weighted by Crippen LogP contribution is -2.33. The quantitative estimate of drug-likeness (QED) is 0.478. The third-order valence-electron chi connectivity index (χ3n) is 1.78. The zero-order valence-corrected chi connectivity index (χ0v) is 7.38. The van der Waals surface area contributed by atoms with Crippen molar-refractivity contribution in [2.45, 2.75) is 12.5 Å². The molecule has 0 saturated heterocycles. The standard InChI is InChI=1S/C9H11NO4/c10-8(9(12)14-13)5-6-1-3-7(11)4-2-6/h1-4,8,11,13H,5,10H2. The second-order valence-electron chi connectivity index (χ2n) is 2.89. The lowest BCUT2D eigenvalue weighted by Gasteiger charge is -2.07. The van der Waals surface area contributed by atoms with Crippen LogP contribution in [0.5, 0.6) is 5.75 Å². The molecule has 0 aliphatic heterocycles. The molecule has 0 aliphatic carbocycles. The molecule has 0 aliphatic rings. The second-order valence-corrected chi connectivity index (χ2v) is 2.89. The Balaban J connectivity index is 2.60. The van der Waals surface area contributed by atoms with E-state index in [1.807, 2.05) is 0 Å². The van der Waals surface area contributed by atoms with E-state index in [-0.39, 0.29) is 12.2 Å². The number of rotatable bonds is 3. The SMILES string of the molecule is NC(Cc1ccc(O)cc1)C(=O)OO. The van der Waals surface area contributed by atoms with E-state index in [4.69, 9.17) is 16.1 Å². The molecular weight excluding hydrogens is 186 g/mol. The van der Waals surface area contributed by atoms with E-state index in [0.717, 1.165) is 5.56 Å². The van der Waals surface area contributed by atoms with E-state index in [2.05, 4.69) is 4.89 Å². The minimum Gasteiger partial charge on any atom is -0.508 e. The van der Waals surface area contributed by atoms with E-state index in [9.17, 15) is 4.79 Å². The normalized spacial score (nSPS) is 12.1. The monoisotopic (exact) mass is 197 g/mol. The first-order valence-corrected chi connectivity index (χ1v) is 4.02. The summed E-state index contributed by atoms with van der Waals surface area (Å²) in [4.78, 5) is 14.2. The summed E-state index contributed by atoms with van der Waals surface area (Å²) in [6, 6.07) is 5.36. The Morgan fingerprint density at radius 2 is 2.00 bits per heavy atom. The molecule has 0 saturated carbocycles. The lowest BCUT2D eigenvalue weighted by molar-refractivity contribution is -0.235. The van der Waals surface area contributed by atoms with E-state index < -0.39 is 12.0 Å². The number of nitrogens with two attached hydrogens (primary N) is 1. The molecule has 1 aromatic rings. The van der Waals surface area contributed by atoms with Gasteiger partial charge in [0.25, 0.3) is 0 Å². The third-order valence-corrected chi connectivity index (χ3v) is 1.78. The predicted molar refractivity (Wildman–Crippen MR) is 48.5 cm³/mol. The molecule has 0 aromatic heterocycles. The number of hydrogen-bond donors (Lipinski definition) is 3. The van der Waals surface area contributed by atoms with Gasteiger partial charge in [0.05, 0.1) is 0 Å². The molecule has 5 nitrogen and oxygen atoms in total. The van der Waals surface area contributed by atoms with Crippen LogP contribution >= 0.6 is 0 Å². The molecule has 14 heavy (non-hydrogen) atoms. The van der Waals surface area contributed by atoms with Gasteiger partial charge in [-0.2, -0.15) is 5.26 Å². The minimum absolute atomic E-state index is 0.145. The van der Waals surface area contributed by atoms with Gasteiger partial charge >= 0.3 is 5.97 Å². The summed E-state index contributed by atoms with van der Waals surface area (Å²) in [6.07, 6.45) is 0.250. The topological polar surface area (TPSA) is 92.8 Å². The highest BCUT2D eigenvalue weighted by Crippen LogP contribution is 2.10. The summed E-state index contributed by atoms with van der Waals surface area (Å²) >= 11 is 0. The zero-order valence-electron chi connectivity index (χ0n) is 7.38. The average Bonchev–Trinajstić information content (AvgIpc) is 2.20. The van der Waals surface area contributed by atoms with Crippen molar-refractivity contribution in [2.24, 2.45) is 5.73 Å². The average molecular weight is 197 g/mol. The van der Waals surface area contributed by atoms with Gasteiger partial charge in [0.2, 0.25) is 0 Å². The fourth-order valence-corrected chi connectivity index (χ4v) is 1.04. The van der Waals surface area contributed by atoms with Gasteiger partial charge < -0.3 is 10.8 Å². The summed E-state index contributed by atoms with van der Waals surface area (Å²) in [5.74, 6) is -0.731. The van der Waals surface area contributed by atoms with E-state index in [1.165, 1.54) is 12.1 Å². The number of hydrogen-bond acceptors (Lipinski definition) is 5. The maximum atomic E-state index is 10.7. The van der Waals surface area contributed by atoms with Crippen molar-refractivity contribution < 1.29 is 20.0 Å². The molecular formula is C9H11NO4. The van der Waals surface area contributed by atoms with Crippen molar-refractivity contribution in [1.29, 1.82) is 0 Å². The molecule has 0 heterocycles. The fraction of sp³-hybridized carbons (Fsp3) is 0.222. The maximum Gasteiger partial charge on any atom is 0.358 e. The number of phenols is 1. The van der Waals surface area contributed by atoms with Gasteiger partial charge in [-0.15, -0.1) is 0 Å². The minimum atomic E-state index is -0.899. The largest absolute Gasteiger partial charge is 0.508 e. The first-order valence-electron chi connectivity index (χ1n) is 4.02. The van der Waals surface area contributed by atoms with Crippen LogP contribution in [0.15, 0.2) is 24.3 Å². The molecule has 1 aromatic carbocycles. The van der Waals surface area contributed by atoms with Gasteiger partial charge in [0, 0.05) is 0 Å². The van der Waals surface area contributed by atoms with E-state index in [1.54, 1.807) is 12.1 Å². The molecule has 0 spiro atoms. The van der Waals surface area contributed by atoms with Gasteiger partial charge in [-0.1, -0.05) is 12.1 Å². The molecule has 1 unspecified atom stereocenters. The van der Waals surface area contributed by atoms with E-state index in [0.29, 0.717) is 0 Å². The summed E-state index contributed by atoms with van der Waals surface area (Å²) in [5.41, 5.74) is 6.18. The Bertz CT molecular complexity index is 309. The lowest BCUT2D eigenvalue weighted by atomic mass is 10.1. The van der Waals surface area contributed by atoms with Crippen LogP contribution in [0, 0.1) is 0 Å². The highest BCUT2D eigenvalue weighted by atomic mass is 17.1. The van der Waals surface area contributed by atoms with Crippen LogP contribution in [0.25, 0.3) is 0 Å². The second kappa shape index (κ2) is 4.59. The summed E-state index contributed by atoms with van der Waals surface area (Å²) in [5, 5.41) is 17.0. The van der Waals surface area contributed by atoms with Crippen LogP contribution in [-0.2, 0) is 16.1 Å². The van der Waals surface area contributed by atoms with Crippen molar-refractivity contribution in [2.75, 3.05) is 0 Å². The smallest absolute Gasteiger partial charge is 0.358 e. The van der Waals surface area contributed by atoms with Gasteiger partial charge in [-0.05, 0) is 24.1 Å². The first-order chi connectivity index (χ1) is 6.63. The van der Waals surface area contributed by atoms with Crippen molar-refractivity contribution in [3.63, 3.8) is 0 Å². The molecule has 5 heteroatoms. The third kappa shape index (κ3) is 2.72. The number of aromatic hydroxyl groups is 1. The van der Waals surface area contributed by atoms with E-state index >= 15 is 0 Å². The molecule has 0 radical (unpaired) electrons. The van der Waals surface area contributed by atoms with Crippen LogP contribution in [0.4, 0.5) is 0 Å². The van der Waals surface area contributed by atoms with Gasteiger partial charge in [0.1, 0.15) is 11.8 Å². The summed E-state index contributed by atoms with van der Waals surface area (Å²) < 4.78 is 0. The molecule has 1 rings (SSSR count). The Hall–Kier alpha value is -1.59. The fourth-order valence-electron chi connectivity index (χ4n) is 1.04. The van der Waals surface area contributed by atoms with Crippen molar-refractivity contribution in [3.05, 3.63) is 29.8 Å². The van der Waals surface area contributed by atoms with Crippen LogP contribution in [-0.4, -0.2) is 22.4 Å². The number of carbonyl (C=O) groups excluding carboxylic acids is 1. The number of benzene rings is 1. The Morgan fingerprint density at radius 3 is 2.50 bits per heavy atom. The first kappa shape index (κ1) is 10.5. The Labute approximate surface area is 80.7 Å². The van der Waals surface area contributed by atoms with Crippen LogP contribution in [0.2, 0.25) is 0 Å². The molecule has 0 amide bonds. The van der Waals surface area contributed by atoms with Crippen LogP contribution in [0.3, 0.4) is 0 Å². The highest BCUT2D eigenvalue weighted by Gasteiger charge is 2.15. The Morgan fingerprint density at radius 1 is 1.43 bits per heavy atom. The van der Waals surface area contributed by atoms with Crippen LogP contribution < -0.4 is 5.73 Å². The molecule has 4 N–H and O–H groups in total. The maximum absolute atomic E-state index is 10.7. The molecule has 76 valence electrons. The van der Waals surface area contributed by atoms with Crippen LogP contribution in [0.1, 0.15) is 5.56 Å². The molecule has 0 bridgehead atoms. The number of carbonyl (C=O) groups is 1. The Kier molecular flexibility index (Phi) is 3.44. The summed E-state index contributed by atoms with van der Waals surface area (Å²) in [6.45, 7) is 0. The van der Waals surface area contributed by atoms with Crippen molar-refractivity contribution >= 4 is 5.97 Å². The van der Waals surface area contributed by atoms with Gasteiger partial charge in [-0.25, -0.2) is 4.79 Å². The molecule has 1 atom stereocenters. The molecule has 0 fully saturated rings. The zero-order chi connectivity index (χ0) is 10.6. The highest BCUT2D eigenvalue weighted by molar-refractivity contribution is 5.75. The van der Waals surface area contributed by atoms with Crippen molar-refractivity contribution in [1.82, 2.24) is 0 Å². The van der Waals surface area contributed by atoms with Gasteiger partial charge in [-0.3, -0.25) is 4.89 Å². The predicted octanol–water partition coefficient (Wildman–Crippen LogP) is 0.278. The van der Waals surface area contributed by atoms with Crippen molar-refractivity contribution in [3.8, 4) is 5.75 Å². The number of phenolic OH excluding ortho intramolecular Hbond substituents is 1.